The lowest BCUT2D eigenvalue weighted by molar-refractivity contribution is 1.20. The van der Waals surface area contributed by atoms with Crippen LogP contribution in [0.1, 0.15) is 11.1 Å². The third kappa shape index (κ3) is 2.80. The van der Waals surface area contributed by atoms with E-state index >= 15 is 0 Å². The number of fused-ring (bicyclic) bond motifs is 4. The molecule has 0 N–H and O–H groups in total. The Kier molecular flexibility index (Phi) is 4.28. The van der Waals surface area contributed by atoms with E-state index < -0.39 is 0 Å². The monoisotopic (exact) mass is 433 g/mol. The summed E-state index contributed by atoms with van der Waals surface area (Å²) in [6.45, 7) is 0. The number of allylic oxidation sites excluding steroid dienone is 3. The molecule has 0 fully saturated rings. The molecular formula is C33H23N. The van der Waals surface area contributed by atoms with E-state index in [4.69, 9.17) is 0 Å². The SMILES string of the molecule is C1=CCc2c(cccc2N(c2ccccc2)c2ccc3c4c(cccc24)-c2ccccc2-3)C=C1. The van der Waals surface area contributed by atoms with Crippen LogP contribution in [0.3, 0.4) is 0 Å². The number of para-hydroxylation sites is 1. The molecule has 160 valence electrons. The zero-order chi connectivity index (χ0) is 22.5. The lowest BCUT2D eigenvalue weighted by Gasteiger charge is -2.29. The third-order valence-electron chi connectivity index (χ3n) is 7.05. The van der Waals surface area contributed by atoms with Crippen molar-refractivity contribution in [3.8, 4) is 22.3 Å². The summed E-state index contributed by atoms with van der Waals surface area (Å²) in [5, 5.41) is 2.64. The van der Waals surface area contributed by atoms with Crippen LogP contribution in [0.15, 0.2) is 121 Å². The van der Waals surface area contributed by atoms with Gasteiger partial charge in [0.1, 0.15) is 0 Å². The predicted octanol–water partition coefficient (Wildman–Crippen LogP) is 9.08. The van der Waals surface area contributed by atoms with Crippen LogP contribution in [0.5, 0.6) is 0 Å². The fourth-order valence-corrected chi connectivity index (χ4v) is 5.58. The second-order valence-corrected chi connectivity index (χ2v) is 8.91. The van der Waals surface area contributed by atoms with E-state index in [1.807, 2.05) is 0 Å². The average molecular weight is 434 g/mol. The Labute approximate surface area is 199 Å². The first-order valence-corrected chi connectivity index (χ1v) is 11.9. The number of nitrogens with zero attached hydrogens (tertiary/aromatic N) is 1. The summed E-state index contributed by atoms with van der Waals surface area (Å²) in [5.74, 6) is 0. The molecule has 0 saturated heterocycles. The Morgan fingerprint density at radius 2 is 1.26 bits per heavy atom. The van der Waals surface area contributed by atoms with Gasteiger partial charge in [-0.3, -0.25) is 0 Å². The molecular weight excluding hydrogens is 410 g/mol. The minimum absolute atomic E-state index is 0.911. The maximum atomic E-state index is 2.44. The van der Waals surface area contributed by atoms with Gasteiger partial charge in [-0.15, -0.1) is 0 Å². The molecule has 0 saturated carbocycles. The van der Waals surface area contributed by atoms with Crippen LogP contribution in [-0.2, 0) is 6.42 Å². The van der Waals surface area contributed by atoms with E-state index in [1.165, 1.54) is 61.2 Å². The molecule has 5 aromatic rings. The average Bonchev–Trinajstić information content (AvgIpc) is 3.04. The molecule has 2 aliphatic carbocycles. The van der Waals surface area contributed by atoms with E-state index in [2.05, 4.69) is 132 Å². The molecule has 0 radical (unpaired) electrons. The van der Waals surface area contributed by atoms with Gasteiger partial charge in [-0.2, -0.15) is 0 Å². The summed E-state index contributed by atoms with van der Waals surface area (Å²) in [5.41, 5.74) is 11.6. The van der Waals surface area contributed by atoms with Crippen LogP contribution in [0.4, 0.5) is 17.1 Å². The molecule has 0 amide bonds. The van der Waals surface area contributed by atoms with E-state index in [0.29, 0.717) is 0 Å². The summed E-state index contributed by atoms with van der Waals surface area (Å²) >= 11 is 0. The van der Waals surface area contributed by atoms with Gasteiger partial charge >= 0.3 is 0 Å². The number of rotatable bonds is 3. The van der Waals surface area contributed by atoms with Crippen molar-refractivity contribution in [1.82, 2.24) is 0 Å². The van der Waals surface area contributed by atoms with Gasteiger partial charge in [0.15, 0.2) is 0 Å². The van der Waals surface area contributed by atoms with Gasteiger partial charge < -0.3 is 4.90 Å². The van der Waals surface area contributed by atoms with E-state index in [0.717, 1.165) is 6.42 Å². The van der Waals surface area contributed by atoms with Crippen LogP contribution < -0.4 is 4.90 Å². The number of anilines is 3. The first kappa shape index (κ1) is 19.1. The van der Waals surface area contributed by atoms with Crippen LogP contribution >= 0.6 is 0 Å². The van der Waals surface area contributed by atoms with E-state index in [9.17, 15) is 0 Å². The molecule has 5 aromatic carbocycles. The molecule has 2 aliphatic rings. The highest BCUT2D eigenvalue weighted by molar-refractivity contribution is 6.19. The number of hydrogen-bond acceptors (Lipinski definition) is 1. The zero-order valence-corrected chi connectivity index (χ0v) is 18.8. The minimum atomic E-state index is 0.911. The quantitative estimate of drug-likeness (QED) is 0.269. The van der Waals surface area contributed by atoms with Gasteiger partial charge in [0.2, 0.25) is 0 Å². The van der Waals surface area contributed by atoms with Crippen molar-refractivity contribution < 1.29 is 0 Å². The van der Waals surface area contributed by atoms with Crippen LogP contribution in [-0.4, -0.2) is 0 Å². The molecule has 0 bridgehead atoms. The molecule has 0 aliphatic heterocycles. The first-order valence-electron chi connectivity index (χ1n) is 11.9. The highest BCUT2D eigenvalue weighted by atomic mass is 15.1. The van der Waals surface area contributed by atoms with Gasteiger partial charge in [0.25, 0.3) is 0 Å². The second-order valence-electron chi connectivity index (χ2n) is 8.91. The van der Waals surface area contributed by atoms with Crippen molar-refractivity contribution in [2.75, 3.05) is 4.90 Å². The van der Waals surface area contributed by atoms with Crippen molar-refractivity contribution >= 4 is 33.9 Å². The lowest BCUT2D eigenvalue weighted by atomic mass is 9.98. The standard InChI is InChI=1S/C33H23N/c1-3-11-23-12-9-20-31(25(23)15-6-1)34(24-13-4-2-5-14-24)32-22-21-29-27-17-8-7-16-26(27)28-18-10-19-30(32)33(28)29/h1-14,16-22H,15H2. The fraction of sp³-hybridized carbons (Fsp3) is 0.0303. The van der Waals surface area contributed by atoms with E-state index in [1.54, 1.807) is 0 Å². The number of benzene rings is 5. The smallest absolute Gasteiger partial charge is 0.0540 e. The summed E-state index contributed by atoms with van der Waals surface area (Å²) in [4.78, 5) is 2.44. The molecule has 1 heteroatoms. The summed E-state index contributed by atoms with van der Waals surface area (Å²) in [7, 11) is 0. The highest BCUT2D eigenvalue weighted by Crippen LogP contribution is 2.51. The molecule has 0 spiro atoms. The maximum absolute atomic E-state index is 2.44. The number of hydrogen-bond donors (Lipinski definition) is 0. The topological polar surface area (TPSA) is 3.24 Å². The van der Waals surface area contributed by atoms with E-state index in [-0.39, 0.29) is 0 Å². The normalized spacial score (nSPS) is 12.9. The van der Waals surface area contributed by atoms with Crippen molar-refractivity contribution in [3.05, 3.63) is 132 Å². The van der Waals surface area contributed by atoms with Gasteiger partial charge in [-0.1, -0.05) is 103 Å². The Bertz CT molecular complexity index is 1590. The molecule has 7 rings (SSSR count). The fourth-order valence-electron chi connectivity index (χ4n) is 5.58. The Hall–Kier alpha value is -4.36. The van der Waals surface area contributed by atoms with Crippen molar-refractivity contribution in [1.29, 1.82) is 0 Å². The summed E-state index contributed by atoms with van der Waals surface area (Å²) in [6.07, 6.45) is 9.66. The van der Waals surface area contributed by atoms with Crippen molar-refractivity contribution in [3.63, 3.8) is 0 Å². The highest BCUT2D eigenvalue weighted by Gasteiger charge is 2.25. The van der Waals surface area contributed by atoms with Gasteiger partial charge in [-0.05, 0) is 69.5 Å². The van der Waals surface area contributed by atoms with Gasteiger partial charge in [0, 0.05) is 11.1 Å². The van der Waals surface area contributed by atoms with Crippen LogP contribution in [0, 0.1) is 0 Å². The maximum Gasteiger partial charge on any atom is 0.0540 e. The molecule has 0 heterocycles. The van der Waals surface area contributed by atoms with Gasteiger partial charge in [-0.25, -0.2) is 0 Å². The minimum Gasteiger partial charge on any atom is -0.310 e. The Balaban J connectivity index is 1.54. The van der Waals surface area contributed by atoms with Crippen molar-refractivity contribution in [2.24, 2.45) is 0 Å². The van der Waals surface area contributed by atoms with Crippen LogP contribution in [0.2, 0.25) is 0 Å². The largest absolute Gasteiger partial charge is 0.310 e. The second kappa shape index (κ2) is 7.60. The molecule has 0 unspecified atom stereocenters. The summed E-state index contributed by atoms with van der Waals surface area (Å²) in [6, 6.07) is 37.5. The lowest BCUT2D eigenvalue weighted by Crippen LogP contribution is -2.13. The molecule has 0 aromatic heterocycles. The molecule has 0 atom stereocenters. The molecule has 34 heavy (non-hydrogen) atoms. The Morgan fingerprint density at radius 3 is 2.12 bits per heavy atom. The van der Waals surface area contributed by atoms with Gasteiger partial charge in [0.05, 0.1) is 11.4 Å². The third-order valence-corrected chi connectivity index (χ3v) is 7.05. The predicted molar refractivity (Wildman–Crippen MR) is 145 cm³/mol. The van der Waals surface area contributed by atoms with Crippen LogP contribution in [0.25, 0.3) is 39.1 Å². The molecule has 1 nitrogen and oxygen atoms in total. The van der Waals surface area contributed by atoms with Crippen molar-refractivity contribution in [2.45, 2.75) is 6.42 Å². The Morgan fingerprint density at radius 1 is 0.529 bits per heavy atom. The zero-order valence-electron chi connectivity index (χ0n) is 18.8. The first-order chi connectivity index (χ1) is 16.9. The summed E-state index contributed by atoms with van der Waals surface area (Å²) < 4.78 is 0.